The van der Waals surface area contributed by atoms with Crippen LogP contribution < -0.4 is 0 Å². The SMILES string of the molecule is CCCCCCCCCCCCN1C(=O)C(Cl)(Cl)C(Cl)(Cl)S1(=O)=O. The zero-order chi connectivity index (χ0) is 18.4. The summed E-state index contributed by atoms with van der Waals surface area (Å²) < 4.78 is 20.1. The smallest absolute Gasteiger partial charge is 0.270 e. The molecule has 0 saturated carbocycles. The van der Waals surface area contributed by atoms with Crippen LogP contribution in [0.15, 0.2) is 0 Å². The van der Waals surface area contributed by atoms with Crippen molar-refractivity contribution in [3.05, 3.63) is 0 Å². The Labute approximate surface area is 165 Å². The number of hydrogen-bond donors (Lipinski definition) is 0. The fraction of sp³-hybridized carbons (Fsp3) is 0.933. The molecule has 9 heteroatoms. The zero-order valence-corrected chi connectivity index (χ0v) is 17.7. The van der Waals surface area contributed by atoms with E-state index in [0.29, 0.717) is 10.7 Å². The van der Waals surface area contributed by atoms with Crippen LogP contribution in [0.4, 0.5) is 0 Å². The number of halogens is 4. The molecule has 0 bridgehead atoms. The molecule has 0 N–H and O–H groups in total. The molecule has 0 aromatic rings. The van der Waals surface area contributed by atoms with Crippen LogP contribution in [0, 0.1) is 0 Å². The Morgan fingerprint density at radius 3 is 1.62 bits per heavy atom. The second-order valence-corrected chi connectivity index (χ2v) is 11.3. The fourth-order valence-corrected chi connectivity index (χ4v) is 5.62. The summed E-state index contributed by atoms with van der Waals surface area (Å²) in [6, 6.07) is 0. The lowest BCUT2D eigenvalue weighted by atomic mass is 10.1. The van der Waals surface area contributed by atoms with Crippen molar-refractivity contribution in [1.29, 1.82) is 0 Å². The van der Waals surface area contributed by atoms with Gasteiger partial charge >= 0.3 is 0 Å². The quantitative estimate of drug-likeness (QED) is 0.320. The van der Waals surface area contributed by atoms with Gasteiger partial charge in [-0.3, -0.25) is 4.79 Å². The maximum Gasteiger partial charge on any atom is 0.279 e. The summed E-state index contributed by atoms with van der Waals surface area (Å²) in [7, 11) is -4.28. The molecule has 0 aliphatic carbocycles. The van der Waals surface area contributed by atoms with Crippen LogP contribution in [0.2, 0.25) is 0 Å². The van der Waals surface area contributed by atoms with E-state index in [4.69, 9.17) is 46.4 Å². The Morgan fingerprint density at radius 2 is 1.25 bits per heavy atom. The second kappa shape index (κ2) is 9.50. The molecular formula is C15H25Cl4NO3S. The lowest BCUT2D eigenvalue weighted by molar-refractivity contribution is -0.125. The lowest BCUT2D eigenvalue weighted by Gasteiger charge is -2.19. The first-order valence-electron chi connectivity index (χ1n) is 8.43. The molecule has 1 aliphatic heterocycles. The van der Waals surface area contributed by atoms with E-state index in [2.05, 4.69) is 6.92 Å². The topological polar surface area (TPSA) is 54.5 Å². The van der Waals surface area contributed by atoms with Crippen LogP contribution in [0.3, 0.4) is 0 Å². The van der Waals surface area contributed by atoms with Gasteiger partial charge in [-0.05, 0) is 6.42 Å². The van der Waals surface area contributed by atoms with E-state index in [0.717, 1.165) is 19.3 Å². The van der Waals surface area contributed by atoms with Crippen molar-refractivity contribution in [2.24, 2.45) is 0 Å². The summed E-state index contributed by atoms with van der Waals surface area (Å²) in [5.74, 6) is -0.980. The van der Waals surface area contributed by atoms with E-state index in [1.54, 1.807) is 0 Å². The zero-order valence-electron chi connectivity index (χ0n) is 13.9. The Bertz CT molecular complexity index is 523. The van der Waals surface area contributed by atoms with Crippen LogP contribution >= 0.6 is 46.4 Å². The van der Waals surface area contributed by atoms with Gasteiger partial charge in [0.2, 0.25) is 4.33 Å². The van der Waals surface area contributed by atoms with E-state index < -0.39 is 23.9 Å². The van der Waals surface area contributed by atoms with Gasteiger partial charge in [-0.25, -0.2) is 12.7 Å². The minimum Gasteiger partial charge on any atom is -0.270 e. The Morgan fingerprint density at radius 1 is 0.833 bits per heavy atom. The van der Waals surface area contributed by atoms with Crippen LogP contribution in [-0.4, -0.2) is 33.2 Å². The number of amides is 1. The Hall–Kier alpha value is 0.580. The molecule has 0 unspecified atom stereocenters. The van der Waals surface area contributed by atoms with Crippen LogP contribution in [0.25, 0.3) is 0 Å². The third-order valence-electron chi connectivity index (χ3n) is 4.19. The van der Waals surface area contributed by atoms with Crippen molar-refractivity contribution < 1.29 is 13.2 Å². The minimum absolute atomic E-state index is 0.0000463. The molecule has 0 spiro atoms. The lowest BCUT2D eigenvalue weighted by Crippen LogP contribution is -2.38. The van der Waals surface area contributed by atoms with Crippen LogP contribution in [0.5, 0.6) is 0 Å². The summed E-state index contributed by atoms with van der Waals surface area (Å²) in [5.41, 5.74) is 0. The van der Waals surface area contributed by atoms with Crippen molar-refractivity contribution >= 4 is 62.3 Å². The van der Waals surface area contributed by atoms with Crippen molar-refractivity contribution in [2.75, 3.05) is 6.54 Å². The number of hydrogen-bond acceptors (Lipinski definition) is 3. The Kier molecular flexibility index (Phi) is 8.95. The Balaban J connectivity index is 2.30. The highest BCUT2D eigenvalue weighted by molar-refractivity contribution is 7.95. The summed E-state index contributed by atoms with van der Waals surface area (Å²) in [6.07, 6.45) is 11.0. The molecule has 1 fully saturated rings. The average Bonchev–Trinajstić information content (AvgIpc) is 2.59. The van der Waals surface area contributed by atoms with Crippen molar-refractivity contribution in [1.82, 2.24) is 4.31 Å². The van der Waals surface area contributed by atoms with Crippen LogP contribution in [0.1, 0.15) is 71.1 Å². The van der Waals surface area contributed by atoms with E-state index in [-0.39, 0.29) is 6.54 Å². The van der Waals surface area contributed by atoms with Gasteiger partial charge in [0.1, 0.15) is 0 Å². The van der Waals surface area contributed by atoms with Gasteiger partial charge in [-0.2, -0.15) is 0 Å². The molecular weight excluding hydrogens is 416 g/mol. The highest BCUT2D eigenvalue weighted by atomic mass is 35.5. The fourth-order valence-electron chi connectivity index (χ4n) is 2.66. The number of nitrogens with zero attached hydrogens (tertiary/aromatic N) is 1. The van der Waals surface area contributed by atoms with E-state index >= 15 is 0 Å². The maximum absolute atomic E-state index is 12.2. The molecule has 0 aromatic heterocycles. The monoisotopic (exact) mass is 439 g/mol. The number of carbonyl (C=O) groups excluding carboxylic acids is 1. The van der Waals surface area contributed by atoms with E-state index in [9.17, 15) is 13.2 Å². The first kappa shape index (κ1) is 22.6. The van der Waals surface area contributed by atoms with Crippen molar-refractivity contribution in [3.8, 4) is 0 Å². The van der Waals surface area contributed by atoms with E-state index in [1.807, 2.05) is 0 Å². The normalized spacial score (nSPS) is 21.4. The number of carbonyl (C=O) groups is 1. The van der Waals surface area contributed by atoms with Crippen LogP contribution in [-0.2, 0) is 14.8 Å². The summed E-state index contributed by atoms with van der Waals surface area (Å²) in [6.45, 7) is 2.20. The minimum atomic E-state index is -4.28. The summed E-state index contributed by atoms with van der Waals surface area (Å²) >= 11 is 23.0. The molecule has 24 heavy (non-hydrogen) atoms. The van der Waals surface area contributed by atoms with E-state index in [1.165, 1.54) is 38.5 Å². The van der Waals surface area contributed by atoms with Crippen molar-refractivity contribution in [2.45, 2.75) is 79.1 Å². The molecule has 0 atom stereocenters. The predicted octanol–water partition coefficient (Wildman–Crippen LogP) is 5.38. The van der Waals surface area contributed by atoms with Gasteiger partial charge in [0.05, 0.1) is 0 Å². The number of rotatable bonds is 11. The van der Waals surface area contributed by atoms with Gasteiger partial charge in [0.15, 0.2) is 0 Å². The molecule has 0 aromatic carbocycles. The van der Waals surface area contributed by atoms with Gasteiger partial charge in [-0.15, -0.1) is 0 Å². The molecule has 1 heterocycles. The average molecular weight is 441 g/mol. The van der Waals surface area contributed by atoms with Gasteiger partial charge in [0.25, 0.3) is 19.6 Å². The third kappa shape index (κ3) is 4.85. The molecule has 0 radical (unpaired) electrons. The first-order chi connectivity index (χ1) is 11.1. The third-order valence-corrected chi connectivity index (χ3v) is 9.31. The summed E-state index contributed by atoms with van der Waals surface area (Å²) in [5, 5.41) is 0. The molecule has 1 saturated heterocycles. The molecule has 142 valence electrons. The molecule has 1 aliphatic rings. The largest absolute Gasteiger partial charge is 0.279 e. The predicted molar refractivity (Wildman–Crippen MR) is 101 cm³/mol. The maximum atomic E-state index is 12.2. The number of alkyl halides is 4. The second-order valence-electron chi connectivity index (χ2n) is 6.16. The molecule has 1 rings (SSSR count). The molecule has 1 amide bonds. The number of sulfonamides is 1. The highest BCUT2D eigenvalue weighted by Crippen LogP contribution is 2.54. The van der Waals surface area contributed by atoms with Gasteiger partial charge in [0, 0.05) is 6.54 Å². The number of unbranched alkanes of at least 4 members (excludes halogenated alkanes) is 9. The summed E-state index contributed by atoms with van der Waals surface area (Å²) in [4.78, 5) is 12.1. The molecule has 4 nitrogen and oxygen atoms in total. The van der Waals surface area contributed by atoms with Gasteiger partial charge < -0.3 is 0 Å². The van der Waals surface area contributed by atoms with Crippen molar-refractivity contribution in [3.63, 3.8) is 0 Å². The van der Waals surface area contributed by atoms with Gasteiger partial charge in [-0.1, -0.05) is 111 Å². The standard InChI is InChI=1S/C15H25Cl4NO3S/c1-2-3-4-5-6-7-8-9-10-11-12-20-13(21)14(16,17)15(18,19)24(20,22)23/h2-12H2,1H3. The highest BCUT2D eigenvalue weighted by Gasteiger charge is 2.72. The first-order valence-corrected chi connectivity index (χ1v) is 11.4.